The van der Waals surface area contributed by atoms with Crippen molar-refractivity contribution >= 4 is 0 Å². The van der Waals surface area contributed by atoms with Crippen molar-refractivity contribution in [1.82, 2.24) is 4.90 Å². The van der Waals surface area contributed by atoms with Crippen molar-refractivity contribution in [3.63, 3.8) is 0 Å². The van der Waals surface area contributed by atoms with Crippen LogP contribution in [0.4, 0.5) is 0 Å². The molecule has 3 heteroatoms. The Kier molecular flexibility index (Phi) is 2.73. The molecule has 4 aliphatic carbocycles. The predicted octanol–water partition coefficient (Wildman–Crippen LogP) is 2.13. The number of nitrogens with two attached hydrogens (primary N) is 1. The number of likely N-dealkylation sites (N-methyl/N-ethyl adjacent to an activating group) is 1. The van der Waals surface area contributed by atoms with Gasteiger partial charge in [-0.3, -0.25) is 4.90 Å². The van der Waals surface area contributed by atoms with E-state index in [0.29, 0.717) is 12.1 Å². The van der Waals surface area contributed by atoms with Crippen LogP contribution in [0.15, 0.2) is 0 Å². The minimum absolute atomic E-state index is 0.367. The zero-order valence-electron chi connectivity index (χ0n) is 11.7. The van der Waals surface area contributed by atoms with Crippen LogP contribution in [0.3, 0.4) is 0 Å². The van der Waals surface area contributed by atoms with Crippen LogP contribution in [0.1, 0.15) is 45.4 Å². The molecule has 0 heterocycles. The molecule has 2 N–H and O–H groups in total. The van der Waals surface area contributed by atoms with Gasteiger partial charge >= 0.3 is 0 Å². The Balaban J connectivity index is 1.77. The first-order chi connectivity index (χ1) is 8.42. The van der Waals surface area contributed by atoms with Gasteiger partial charge in [0.15, 0.2) is 0 Å². The molecule has 0 saturated heterocycles. The van der Waals surface area contributed by atoms with Gasteiger partial charge in [0.05, 0.1) is 6.07 Å². The molecule has 0 aromatic heterocycles. The number of hydrogen-bond acceptors (Lipinski definition) is 3. The molecule has 100 valence electrons. The van der Waals surface area contributed by atoms with Gasteiger partial charge < -0.3 is 5.73 Å². The maximum Gasteiger partial charge on any atom is 0.114 e. The second-order valence-corrected chi connectivity index (χ2v) is 7.53. The normalized spacial score (nSPS) is 44.9. The minimum atomic E-state index is -0.710. The second-order valence-electron chi connectivity index (χ2n) is 7.53. The fourth-order valence-corrected chi connectivity index (χ4v) is 5.23. The summed E-state index contributed by atoms with van der Waals surface area (Å²) in [4.78, 5) is 2.43. The first-order valence-corrected chi connectivity index (χ1v) is 7.34. The monoisotopic (exact) mass is 247 g/mol. The van der Waals surface area contributed by atoms with E-state index in [0.717, 1.165) is 17.8 Å². The summed E-state index contributed by atoms with van der Waals surface area (Å²) in [7, 11) is 2.19. The lowest BCUT2D eigenvalue weighted by Gasteiger charge is -2.60. The maximum absolute atomic E-state index is 9.12. The van der Waals surface area contributed by atoms with E-state index in [-0.39, 0.29) is 0 Å². The van der Waals surface area contributed by atoms with E-state index in [1.165, 1.54) is 38.5 Å². The van der Waals surface area contributed by atoms with Crippen LogP contribution in [0.25, 0.3) is 0 Å². The molecule has 0 aromatic carbocycles. The fraction of sp³-hybridized carbons (Fsp3) is 0.933. The molecule has 4 aliphatic rings. The lowest BCUT2D eigenvalue weighted by molar-refractivity contribution is -0.0820. The molecule has 1 unspecified atom stereocenters. The summed E-state index contributed by atoms with van der Waals surface area (Å²) >= 11 is 0. The molecule has 0 aromatic rings. The highest BCUT2D eigenvalue weighted by atomic mass is 15.2. The summed E-state index contributed by atoms with van der Waals surface area (Å²) in [6, 6.07) is 2.24. The van der Waals surface area contributed by atoms with Crippen LogP contribution in [0, 0.1) is 29.1 Å². The average Bonchev–Trinajstić information content (AvgIpc) is 2.26. The van der Waals surface area contributed by atoms with Crippen LogP contribution in [0.5, 0.6) is 0 Å². The molecular formula is C15H25N3. The summed E-state index contributed by atoms with van der Waals surface area (Å²) in [5.41, 5.74) is 5.69. The Morgan fingerprint density at radius 2 is 1.67 bits per heavy atom. The van der Waals surface area contributed by atoms with Gasteiger partial charge in [-0.2, -0.15) is 5.26 Å². The molecule has 0 spiro atoms. The lowest BCUT2D eigenvalue weighted by Crippen LogP contribution is -2.62. The molecular weight excluding hydrogens is 222 g/mol. The first-order valence-electron chi connectivity index (χ1n) is 7.34. The van der Waals surface area contributed by atoms with Crippen molar-refractivity contribution in [3.05, 3.63) is 0 Å². The summed E-state index contributed by atoms with van der Waals surface area (Å²) in [6.45, 7) is 2.56. The third-order valence-corrected chi connectivity index (χ3v) is 5.64. The largest absolute Gasteiger partial charge is 0.313 e. The van der Waals surface area contributed by atoms with Crippen LogP contribution in [-0.2, 0) is 0 Å². The Labute approximate surface area is 110 Å². The van der Waals surface area contributed by atoms with E-state index in [2.05, 4.69) is 18.0 Å². The fourth-order valence-electron chi connectivity index (χ4n) is 5.23. The first kappa shape index (κ1) is 12.4. The molecule has 0 aliphatic heterocycles. The molecule has 18 heavy (non-hydrogen) atoms. The molecule has 1 atom stereocenters. The smallest absolute Gasteiger partial charge is 0.114 e. The van der Waals surface area contributed by atoms with E-state index in [1.54, 1.807) is 0 Å². The van der Waals surface area contributed by atoms with Crippen molar-refractivity contribution in [2.45, 2.75) is 56.5 Å². The number of nitrogens with zero attached hydrogens (tertiary/aromatic N) is 2. The van der Waals surface area contributed by atoms with Crippen molar-refractivity contribution in [2.75, 3.05) is 13.6 Å². The number of hydrogen-bond donors (Lipinski definition) is 1. The second kappa shape index (κ2) is 3.95. The molecule has 4 rings (SSSR count). The Bertz CT molecular complexity index is 344. The van der Waals surface area contributed by atoms with E-state index in [4.69, 9.17) is 11.0 Å². The van der Waals surface area contributed by atoms with Crippen molar-refractivity contribution in [3.8, 4) is 6.07 Å². The van der Waals surface area contributed by atoms with Gasteiger partial charge in [0, 0.05) is 12.1 Å². The Morgan fingerprint density at radius 3 is 2.06 bits per heavy atom. The molecule has 0 amide bonds. The molecule has 4 bridgehead atoms. The number of nitriles is 1. The Morgan fingerprint density at radius 1 is 1.22 bits per heavy atom. The Hall–Kier alpha value is -0.590. The van der Waals surface area contributed by atoms with E-state index < -0.39 is 5.54 Å². The lowest BCUT2D eigenvalue weighted by atomic mass is 9.52. The quantitative estimate of drug-likeness (QED) is 0.831. The third-order valence-electron chi connectivity index (χ3n) is 5.64. The third kappa shape index (κ3) is 1.96. The highest BCUT2D eigenvalue weighted by Gasteiger charge is 2.53. The van der Waals surface area contributed by atoms with Crippen LogP contribution in [0.2, 0.25) is 0 Å². The van der Waals surface area contributed by atoms with Gasteiger partial charge in [-0.05, 0) is 70.3 Å². The van der Waals surface area contributed by atoms with Crippen molar-refractivity contribution in [2.24, 2.45) is 23.5 Å². The SMILES string of the molecule is CN(CC(C)(N)C#N)C12CC3CC(CC(C3)C1)C2. The highest BCUT2D eigenvalue weighted by Crippen LogP contribution is 2.57. The van der Waals surface area contributed by atoms with Gasteiger partial charge in [0.2, 0.25) is 0 Å². The predicted molar refractivity (Wildman–Crippen MR) is 71.7 cm³/mol. The summed E-state index contributed by atoms with van der Waals surface area (Å²) < 4.78 is 0. The van der Waals surface area contributed by atoms with Gasteiger partial charge in [-0.1, -0.05) is 0 Å². The summed E-state index contributed by atoms with van der Waals surface area (Å²) in [5.74, 6) is 2.85. The summed E-state index contributed by atoms with van der Waals surface area (Å²) in [5, 5.41) is 9.12. The van der Waals surface area contributed by atoms with E-state index in [1.807, 2.05) is 6.92 Å². The van der Waals surface area contributed by atoms with E-state index in [9.17, 15) is 0 Å². The zero-order chi connectivity index (χ0) is 13.0. The zero-order valence-corrected chi connectivity index (χ0v) is 11.7. The minimum Gasteiger partial charge on any atom is -0.313 e. The molecule has 4 saturated carbocycles. The maximum atomic E-state index is 9.12. The van der Waals surface area contributed by atoms with Gasteiger partial charge in [0.1, 0.15) is 5.54 Å². The standard InChI is InChI=1S/C15H25N3/c1-14(17,9-16)10-18(2)15-6-11-3-12(7-15)5-13(4-11)8-15/h11-13H,3-8,10,17H2,1-2H3. The van der Waals surface area contributed by atoms with E-state index >= 15 is 0 Å². The van der Waals surface area contributed by atoms with Gasteiger partial charge in [-0.15, -0.1) is 0 Å². The average molecular weight is 247 g/mol. The topological polar surface area (TPSA) is 53.0 Å². The highest BCUT2D eigenvalue weighted by molar-refractivity contribution is 5.10. The molecule has 3 nitrogen and oxygen atoms in total. The van der Waals surface area contributed by atoms with Gasteiger partial charge in [0.25, 0.3) is 0 Å². The van der Waals surface area contributed by atoms with Crippen LogP contribution < -0.4 is 5.73 Å². The van der Waals surface area contributed by atoms with Crippen LogP contribution in [-0.4, -0.2) is 29.6 Å². The van der Waals surface area contributed by atoms with Gasteiger partial charge in [-0.25, -0.2) is 0 Å². The van der Waals surface area contributed by atoms with Crippen molar-refractivity contribution in [1.29, 1.82) is 5.26 Å². The van der Waals surface area contributed by atoms with Crippen LogP contribution >= 0.6 is 0 Å². The summed E-state index contributed by atoms with van der Waals surface area (Å²) in [6.07, 6.45) is 8.42. The number of rotatable bonds is 3. The molecule has 0 radical (unpaired) electrons. The molecule has 4 fully saturated rings. The van der Waals surface area contributed by atoms with Crippen molar-refractivity contribution < 1.29 is 0 Å².